The fourth-order valence-corrected chi connectivity index (χ4v) is 5.80. The van der Waals surface area contributed by atoms with Crippen LogP contribution in [-0.4, -0.2) is 52.0 Å². The van der Waals surface area contributed by atoms with Gasteiger partial charge in [-0.25, -0.2) is 4.79 Å². The molecule has 0 atom stereocenters. The monoisotopic (exact) mass is 443 g/mol. The van der Waals surface area contributed by atoms with E-state index in [0.29, 0.717) is 24.5 Å². The van der Waals surface area contributed by atoms with Crippen molar-refractivity contribution in [2.75, 3.05) is 30.7 Å². The third-order valence-corrected chi connectivity index (χ3v) is 7.68. The molecule has 0 bridgehead atoms. The average Bonchev–Trinajstić information content (AvgIpc) is 3.18. The number of urea groups is 1. The lowest BCUT2D eigenvalue weighted by molar-refractivity contribution is -0.134. The summed E-state index contributed by atoms with van der Waals surface area (Å²) in [6.45, 7) is 2.10. The Bertz CT molecular complexity index is 883. The molecule has 7 heteroatoms. The lowest BCUT2D eigenvalue weighted by Gasteiger charge is -2.44. The van der Waals surface area contributed by atoms with Crippen molar-refractivity contribution < 1.29 is 9.59 Å². The summed E-state index contributed by atoms with van der Waals surface area (Å²) in [5.74, 6) is 1.19. The van der Waals surface area contributed by atoms with E-state index in [4.69, 9.17) is 11.6 Å². The molecule has 158 valence electrons. The molecule has 2 saturated heterocycles. The fourth-order valence-electron chi connectivity index (χ4n) is 4.20. The molecule has 5 nitrogen and oxygen atoms in total. The van der Waals surface area contributed by atoms with Gasteiger partial charge in [-0.05, 0) is 49.1 Å². The number of nitrogens with zero attached hydrogens (tertiary/aromatic N) is 2. The highest BCUT2D eigenvalue weighted by atomic mass is 35.5. The van der Waals surface area contributed by atoms with Gasteiger partial charge in [0, 0.05) is 42.5 Å². The van der Waals surface area contributed by atoms with Crippen LogP contribution in [0.15, 0.2) is 54.6 Å². The second kappa shape index (κ2) is 9.31. The van der Waals surface area contributed by atoms with Gasteiger partial charge in [0.05, 0.1) is 4.87 Å². The molecule has 0 unspecified atom stereocenters. The number of hydrogen-bond acceptors (Lipinski definition) is 3. The number of aryl methyl sites for hydroxylation is 1. The zero-order chi connectivity index (χ0) is 21.0. The molecule has 1 spiro atoms. The van der Waals surface area contributed by atoms with Crippen LogP contribution < -0.4 is 5.32 Å². The van der Waals surface area contributed by atoms with Crippen LogP contribution in [0, 0.1) is 0 Å². The van der Waals surface area contributed by atoms with Gasteiger partial charge in [0.25, 0.3) is 0 Å². The van der Waals surface area contributed by atoms with Crippen molar-refractivity contribution >= 4 is 41.0 Å². The van der Waals surface area contributed by atoms with Gasteiger partial charge in [0.2, 0.25) is 5.91 Å². The number of piperidine rings is 1. The number of hydrogen-bond donors (Lipinski definition) is 1. The molecule has 0 aliphatic carbocycles. The van der Waals surface area contributed by atoms with E-state index in [1.54, 1.807) is 24.3 Å². The van der Waals surface area contributed by atoms with Crippen LogP contribution >= 0.6 is 23.4 Å². The standard InChI is InChI=1S/C23H26ClN3O2S/c24-19-7-9-20(10-8-19)25-22(29)26-14-12-23(13-15-26)27(16-17-30-23)21(28)11-6-18-4-2-1-3-5-18/h1-5,7-10H,6,11-17H2,(H,25,29). The Morgan fingerprint density at radius 1 is 1.00 bits per heavy atom. The first kappa shape index (κ1) is 21.1. The number of halogens is 1. The van der Waals surface area contributed by atoms with Crippen LogP contribution in [0.5, 0.6) is 0 Å². The number of carbonyl (C=O) groups excluding carboxylic acids is 2. The number of nitrogens with one attached hydrogen (secondary N) is 1. The number of amides is 3. The zero-order valence-corrected chi connectivity index (χ0v) is 18.4. The minimum atomic E-state index is -0.162. The third-order valence-electron chi connectivity index (χ3n) is 5.88. The van der Waals surface area contributed by atoms with E-state index in [0.717, 1.165) is 37.2 Å². The van der Waals surface area contributed by atoms with Gasteiger partial charge < -0.3 is 15.1 Å². The highest BCUT2D eigenvalue weighted by molar-refractivity contribution is 8.00. The second-order valence-corrected chi connectivity index (χ2v) is 9.64. The molecule has 0 aromatic heterocycles. The lowest BCUT2D eigenvalue weighted by atomic mass is 10.0. The molecule has 2 aliphatic heterocycles. The number of carbonyl (C=O) groups is 2. The van der Waals surface area contributed by atoms with Crippen molar-refractivity contribution in [1.82, 2.24) is 9.80 Å². The summed E-state index contributed by atoms with van der Waals surface area (Å²) in [6, 6.07) is 17.2. The molecule has 2 fully saturated rings. The van der Waals surface area contributed by atoms with E-state index in [9.17, 15) is 9.59 Å². The molecule has 0 radical (unpaired) electrons. The van der Waals surface area contributed by atoms with Gasteiger partial charge in [-0.2, -0.15) is 0 Å². The predicted molar refractivity (Wildman–Crippen MR) is 123 cm³/mol. The summed E-state index contributed by atoms with van der Waals surface area (Å²) in [5.41, 5.74) is 1.93. The van der Waals surface area contributed by atoms with Crippen LogP contribution in [-0.2, 0) is 11.2 Å². The largest absolute Gasteiger partial charge is 0.327 e. The zero-order valence-electron chi connectivity index (χ0n) is 16.9. The minimum absolute atomic E-state index is 0.0999. The molecule has 4 rings (SSSR count). The first-order valence-corrected chi connectivity index (χ1v) is 11.7. The SMILES string of the molecule is O=C(Nc1ccc(Cl)cc1)N1CCC2(CC1)SCCN2C(=O)CCc1ccccc1. The van der Waals surface area contributed by atoms with Gasteiger partial charge >= 0.3 is 6.03 Å². The van der Waals surface area contributed by atoms with E-state index < -0.39 is 0 Å². The van der Waals surface area contributed by atoms with Gasteiger partial charge in [-0.1, -0.05) is 41.9 Å². The molecule has 2 aromatic rings. The molecule has 2 heterocycles. The van der Waals surface area contributed by atoms with Crippen molar-refractivity contribution in [3.05, 3.63) is 65.2 Å². The Kier molecular flexibility index (Phi) is 6.54. The summed E-state index contributed by atoms with van der Waals surface area (Å²) in [6.07, 6.45) is 2.92. The van der Waals surface area contributed by atoms with Crippen molar-refractivity contribution in [3.63, 3.8) is 0 Å². The normalized spacial score (nSPS) is 17.9. The summed E-state index contributed by atoms with van der Waals surface area (Å²) in [4.78, 5) is 29.4. The van der Waals surface area contributed by atoms with Crippen LogP contribution in [0.3, 0.4) is 0 Å². The summed E-state index contributed by atoms with van der Waals surface area (Å²) in [5, 5.41) is 3.57. The van der Waals surface area contributed by atoms with Gasteiger partial charge in [-0.3, -0.25) is 4.79 Å². The maximum absolute atomic E-state index is 13.0. The maximum Gasteiger partial charge on any atom is 0.321 e. The van der Waals surface area contributed by atoms with Crippen LogP contribution in [0.25, 0.3) is 0 Å². The van der Waals surface area contributed by atoms with Crippen molar-refractivity contribution in [2.24, 2.45) is 0 Å². The first-order chi connectivity index (χ1) is 14.6. The van der Waals surface area contributed by atoms with Crippen LogP contribution in [0.1, 0.15) is 24.8 Å². The molecular weight excluding hydrogens is 418 g/mol. The van der Waals surface area contributed by atoms with Crippen LogP contribution in [0.4, 0.5) is 10.5 Å². The molecule has 30 heavy (non-hydrogen) atoms. The van der Waals surface area contributed by atoms with Gasteiger partial charge in [0.15, 0.2) is 0 Å². The van der Waals surface area contributed by atoms with Gasteiger partial charge in [0.1, 0.15) is 0 Å². The molecule has 0 saturated carbocycles. The number of anilines is 1. The Morgan fingerprint density at radius 3 is 2.40 bits per heavy atom. The van der Waals surface area contributed by atoms with Crippen molar-refractivity contribution in [1.29, 1.82) is 0 Å². The number of likely N-dealkylation sites (tertiary alicyclic amines) is 1. The van der Waals surface area contributed by atoms with E-state index in [1.165, 1.54) is 5.56 Å². The number of thioether (sulfide) groups is 1. The maximum atomic E-state index is 13.0. The quantitative estimate of drug-likeness (QED) is 0.733. The highest BCUT2D eigenvalue weighted by Crippen LogP contribution is 2.44. The first-order valence-electron chi connectivity index (χ1n) is 10.4. The number of benzene rings is 2. The lowest BCUT2D eigenvalue weighted by Crippen LogP contribution is -2.54. The predicted octanol–water partition coefficient (Wildman–Crippen LogP) is 4.87. The van der Waals surface area contributed by atoms with Crippen LogP contribution in [0.2, 0.25) is 5.02 Å². The molecule has 1 N–H and O–H groups in total. The van der Waals surface area contributed by atoms with E-state index in [-0.39, 0.29) is 16.8 Å². The summed E-state index contributed by atoms with van der Waals surface area (Å²) < 4.78 is 0. The van der Waals surface area contributed by atoms with E-state index in [1.807, 2.05) is 34.9 Å². The molecule has 2 aromatic carbocycles. The Morgan fingerprint density at radius 2 is 1.70 bits per heavy atom. The fraction of sp³-hybridized carbons (Fsp3) is 0.391. The Labute approximate surface area is 186 Å². The molecular formula is C23H26ClN3O2S. The van der Waals surface area contributed by atoms with Gasteiger partial charge in [-0.15, -0.1) is 11.8 Å². The van der Waals surface area contributed by atoms with Crippen molar-refractivity contribution in [2.45, 2.75) is 30.6 Å². The Hall–Kier alpha value is -2.18. The highest BCUT2D eigenvalue weighted by Gasteiger charge is 2.46. The molecule has 3 amide bonds. The third kappa shape index (κ3) is 4.76. The smallest absolute Gasteiger partial charge is 0.321 e. The Balaban J connectivity index is 1.32. The molecule has 2 aliphatic rings. The van der Waals surface area contributed by atoms with E-state index >= 15 is 0 Å². The summed E-state index contributed by atoms with van der Waals surface area (Å²) in [7, 11) is 0. The minimum Gasteiger partial charge on any atom is -0.327 e. The number of rotatable bonds is 4. The average molecular weight is 444 g/mol. The van der Waals surface area contributed by atoms with E-state index in [2.05, 4.69) is 22.3 Å². The van der Waals surface area contributed by atoms with Crippen molar-refractivity contribution in [3.8, 4) is 0 Å². The second-order valence-electron chi connectivity index (χ2n) is 7.75. The summed E-state index contributed by atoms with van der Waals surface area (Å²) >= 11 is 7.78. The topological polar surface area (TPSA) is 52.7 Å².